The molecule has 3 rings (SSSR count). The summed E-state index contributed by atoms with van der Waals surface area (Å²) in [5, 5.41) is 6.44. The van der Waals surface area contributed by atoms with Gasteiger partial charge in [0.25, 0.3) is 0 Å². The Hall–Kier alpha value is -2.64. The van der Waals surface area contributed by atoms with Crippen LogP contribution in [0.1, 0.15) is 17.0 Å². The van der Waals surface area contributed by atoms with Crippen LogP contribution in [0.25, 0.3) is 11.3 Å². The van der Waals surface area contributed by atoms with Crippen LogP contribution in [0.5, 0.6) is 0 Å². The first-order valence-corrected chi connectivity index (χ1v) is 6.40. The Bertz CT molecular complexity index is 924. The highest BCUT2D eigenvalue weighted by molar-refractivity contribution is 5.44. The zero-order valence-electron chi connectivity index (χ0n) is 11.7. The summed E-state index contributed by atoms with van der Waals surface area (Å²) in [7, 11) is 0. The lowest BCUT2D eigenvalue weighted by atomic mass is 10.1. The van der Waals surface area contributed by atoms with Gasteiger partial charge in [-0.05, 0) is 37.1 Å². The molecule has 3 aromatic rings. The van der Waals surface area contributed by atoms with Gasteiger partial charge in [0.2, 0.25) is 11.5 Å². The van der Waals surface area contributed by atoms with E-state index >= 15 is 0 Å². The lowest BCUT2D eigenvalue weighted by Gasteiger charge is -2.09. The van der Waals surface area contributed by atoms with Crippen LogP contribution in [0.3, 0.4) is 0 Å². The SMILES string of the molecule is Cc1ccc(-n2ccn3c(C(F)(F)F)nnc3c2=O)cc1C. The van der Waals surface area contributed by atoms with Crippen molar-refractivity contribution < 1.29 is 13.2 Å². The monoisotopic (exact) mass is 308 g/mol. The lowest BCUT2D eigenvalue weighted by molar-refractivity contribution is -0.145. The van der Waals surface area contributed by atoms with Crippen molar-refractivity contribution in [1.29, 1.82) is 0 Å². The van der Waals surface area contributed by atoms with Gasteiger partial charge in [0.1, 0.15) is 0 Å². The minimum absolute atomic E-state index is 0.368. The number of aryl methyl sites for hydroxylation is 2. The summed E-state index contributed by atoms with van der Waals surface area (Å²) in [5.41, 5.74) is 1.57. The third-order valence-electron chi connectivity index (χ3n) is 3.49. The smallest absolute Gasteiger partial charge is 0.280 e. The van der Waals surface area contributed by atoms with Crippen molar-refractivity contribution in [3.63, 3.8) is 0 Å². The predicted molar refractivity (Wildman–Crippen MR) is 73.1 cm³/mol. The Kier molecular flexibility index (Phi) is 3.05. The van der Waals surface area contributed by atoms with E-state index in [1.165, 1.54) is 10.8 Å². The molecule has 0 atom stereocenters. The maximum absolute atomic E-state index is 12.8. The number of fused-ring (bicyclic) bond motifs is 1. The summed E-state index contributed by atoms with van der Waals surface area (Å²) in [6.45, 7) is 3.82. The van der Waals surface area contributed by atoms with Crippen LogP contribution in [-0.4, -0.2) is 19.2 Å². The van der Waals surface area contributed by atoms with E-state index < -0.39 is 17.6 Å². The van der Waals surface area contributed by atoms with Gasteiger partial charge in [-0.3, -0.25) is 13.8 Å². The topological polar surface area (TPSA) is 52.2 Å². The van der Waals surface area contributed by atoms with Gasteiger partial charge >= 0.3 is 11.7 Å². The summed E-state index contributed by atoms with van der Waals surface area (Å²) in [6.07, 6.45) is -2.26. The zero-order valence-corrected chi connectivity index (χ0v) is 11.7. The first-order valence-electron chi connectivity index (χ1n) is 6.40. The van der Waals surface area contributed by atoms with E-state index in [0.717, 1.165) is 17.3 Å². The molecule has 5 nitrogen and oxygen atoms in total. The van der Waals surface area contributed by atoms with Gasteiger partial charge in [-0.25, -0.2) is 0 Å². The second-order valence-corrected chi connectivity index (χ2v) is 4.96. The molecule has 8 heteroatoms. The molecule has 2 aromatic heterocycles. The average Bonchev–Trinajstić information content (AvgIpc) is 2.87. The molecule has 0 fully saturated rings. The summed E-state index contributed by atoms with van der Waals surface area (Å²) in [4.78, 5) is 12.3. The van der Waals surface area contributed by atoms with Gasteiger partial charge in [-0.2, -0.15) is 13.2 Å². The largest absolute Gasteiger partial charge is 0.452 e. The molecule has 22 heavy (non-hydrogen) atoms. The second kappa shape index (κ2) is 4.69. The van der Waals surface area contributed by atoms with E-state index in [4.69, 9.17) is 0 Å². The Morgan fingerprint density at radius 2 is 1.77 bits per heavy atom. The van der Waals surface area contributed by atoms with Crippen molar-refractivity contribution in [2.75, 3.05) is 0 Å². The number of alkyl halides is 3. The minimum Gasteiger partial charge on any atom is -0.280 e. The summed E-state index contributed by atoms with van der Waals surface area (Å²) < 4.78 is 40.2. The standard InChI is InChI=1S/C14H11F3N4O/c1-8-3-4-10(7-9(8)2)20-5-6-21-11(12(20)22)18-19-13(21)14(15,16)17/h3-7H,1-2H3. The normalized spacial score (nSPS) is 12.0. The van der Waals surface area contributed by atoms with Crippen molar-refractivity contribution in [1.82, 2.24) is 19.2 Å². The molecule has 0 N–H and O–H groups in total. The molecule has 0 spiro atoms. The average molecular weight is 308 g/mol. The molecule has 0 unspecified atom stereocenters. The van der Waals surface area contributed by atoms with Crippen molar-refractivity contribution >= 4 is 5.65 Å². The first kappa shape index (κ1) is 14.3. The predicted octanol–water partition coefficient (Wildman–Crippen LogP) is 2.52. The Morgan fingerprint density at radius 1 is 1.05 bits per heavy atom. The van der Waals surface area contributed by atoms with E-state index in [1.807, 2.05) is 19.9 Å². The van der Waals surface area contributed by atoms with Crippen LogP contribution >= 0.6 is 0 Å². The van der Waals surface area contributed by atoms with Gasteiger partial charge in [0.15, 0.2) is 0 Å². The number of hydrogen-bond acceptors (Lipinski definition) is 3. The fraction of sp³-hybridized carbons (Fsp3) is 0.214. The van der Waals surface area contributed by atoms with Gasteiger partial charge in [0, 0.05) is 18.1 Å². The number of nitrogens with zero attached hydrogens (tertiary/aromatic N) is 4. The van der Waals surface area contributed by atoms with Crippen molar-refractivity contribution in [3.05, 3.63) is 57.9 Å². The fourth-order valence-electron chi connectivity index (χ4n) is 2.16. The molecule has 0 amide bonds. The number of halogens is 3. The molecule has 2 heterocycles. The molecule has 0 radical (unpaired) electrons. The van der Waals surface area contributed by atoms with Crippen molar-refractivity contribution in [3.8, 4) is 5.69 Å². The molecule has 0 bridgehead atoms. The van der Waals surface area contributed by atoms with Crippen LogP contribution in [0.15, 0.2) is 35.4 Å². The second-order valence-electron chi connectivity index (χ2n) is 4.96. The molecule has 114 valence electrons. The van der Waals surface area contributed by atoms with E-state index in [9.17, 15) is 18.0 Å². The molecular formula is C14H11F3N4O. The van der Waals surface area contributed by atoms with Crippen LogP contribution in [0.4, 0.5) is 13.2 Å². The zero-order chi connectivity index (χ0) is 16.1. The van der Waals surface area contributed by atoms with E-state index in [1.54, 1.807) is 12.1 Å². The Morgan fingerprint density at radius 3 is 2.41 bits per heavy atom. The lowest BCUT2D eigenvalue weighted by Crippen LogP contribution is -2.21. The molecule has 0 aliphatic rings. The fourth-order valence-corrected chi connectivity index (χ4v) is 2.16. The van der Waals surface area contributed by atoms with Gasteiger partial charge in [-0.1, -0.05) is 6.07 Å². The third-order valence-corrected chi connectivity index (χ3v) is 3.49. The number of aromatic nitrogens is 4. The van der Waals surface area contributed by atoms with Gasteiger partial charge < -0.3 is 0 Å². The van der Waals surface area contributed by atoms with E-state index in [-0.39, 0.29) is 5.65 Å². The number of hydrogen-bond donors (Lipinski definition) is 0. The van der Waals surface area contributed by atoms with E-state index in [0.29, 0.717) is 10.1 Å². The minimum atomic E-state index is -4.67. The van der Waals surface area contributed by atoms with Crippen LogP contribution in [0.2, 0.25) is 0 Å². The molecule has 1 aromatic carbocycles. The molecule has 0 saturated heterocycles. The molecule has 0 aliphatic heterocycles. The van der Waals surface area contributed by atoms with Gasteiger partial charge in [-0.15, -0.1) is 10.2 Å². The number of rotatable bonds is 1. The van der Waals surface area contributed by atoms with Crippen molar-refractivity contribution in [2.24, 2.45) is 0 Å². The maximum atomic E-state index is 12.8. The van der Waals surface area contributed by atoms with E-state index in [2.05, 4.69) is 10.2 Å². The highest BCUT2D eigenvalue weighted by Crippen LogP contribution is 2.27. The highest BCUT2D eigenvalue weighted by atomic mass is 19.4. The molecular weight excluding hydrogens is 297 g/mol. The van der Waals surface area contributed by atoms with Crippen molar-refractivity contribution in [2.45, 2.75) is 20.0 Å². The Labute approximate surface area is 122 Å². The van der Waals surface area contributed by atoms with Crippen LogP contribution < -0.4 is 5.56 Å². The summed E-state index contributed by atoms with van der Waals surface area (Å²) >= 11 is 0. The van der Waals surface area contributed by atoms with Crippen LogP contribution in [-0.2, 0) is 6.18 Å². The van der Waals surface area contributed by atoms with Gasteiger partial charge in [0.05, 0.1) is 0 Å². The third kappa shape index (κ3) is 2.16. The summed E-state index contributed by atoms with van der Waals surface area (Å²) in [6, 6.07) is 5.35. The quantitative estimate of drug-likeness (QED) is 0.694. The molecule has 0 saturated carbocycles. The first-order chi connectivity index (χ1) is 10.3. The highest BCUT2D eigenvalue weighted by Gasteiger charge is 2.37. The molecule has 0 aliphatic carbocycles. The van der Waals surface area contributed by atoms with Crippen LogP contribution in [0, 0.1) is 13.8 Å². The summed E-state index contributed by atoms with van der Waals surface area (Å²) in [5.74, 6) is -1.22. The Balaban J connectivity index is 2.23. The maximum Gasteiger partial charge on any atom is 0.452 e. The number of benzene rings is 1.